The summed E-state index contributed by atoms with van der Waals surface area (Å²) in [6, 6.07) is 11.9. The van der Waals surface area contributed by atoms with Gasteiger partial charge in [0.15, 0.2) is 0 Å². The third-order valence-electron chi connectivity index (χ3n) is 5.55. The maximum absolute atomic E-state index is 12.9. The van der Waals surface area contributed by atoms with Crippen LogP contribution in [0.25, 0.3) is 0 Å². The average molecular weight is 465 g/mol. The molecule has 2 aromatic rings. The van der Waals surface area contributed by atoms with Crippen molar-refractivity contribution in [3.05, 3.63) is 59.7 Å². The predicted molar refractivity (Wildman–Crippen MR) is 123 cm³/mol. The van der Waals surface area contributed by atoms with E-state index < -0.39 is 11.7 Å². The van der Waals surface area contributed by atoms with E-state index in [-0.39, 0.29) is 28.9 Å². The minimum absolute atomic E-state index is 0.0205. The topological polar surface area (TPSA) is 49.4 Å². The van der Waals surface area contributed by atoms with Crippen molar-refractivity contribution >= 4 is 35.0 Å². The predicted octanol–water partition coefficient (Wildman–Crippen LogP) is 6.64. The second kappa shape index (κ2) is 10.4. The molecular weight excluding hydrogens is 437 g/mol. The van der Waals surface area contributed by atoms with Crippen LogP contribution in [0.2, 0.25) is 0 Å². The van der Waals surface area contributed by atoms with E-state index in [9.17, 15) is 22.8 Å². The highest BCUT2D eigenvalue weighted by Crippen LogP contribution is 2.43. The van der Waals surface area contributed by atoms with E-state index in [0.29, 0.717) is 11.4 Å². The van der Waals surface area contributed by atoms with Crippen LogP contribution in [0.1, 0.15) is 56.0 Å². The number of anilines is 2. The molecule has 1 N–H and O–H groups in total. The Morgan fingerprint density at radius 3 is 2.53 bits per heavy atom. The first kappa shape index (κ1) is 24.2. The van der Waals surface area contributed by atoms with E-state index in [0.717, 1.165) is 43.4 Å². The van der Waals surface area contributed by atoms with Crippen LogP contribution < -0.4 is 10.2 Å². The van der Waals surface area contributed by atoms with Crippen LogP contribution in [-0.4, -0.2) is 17.6 Å². The van der Waals surface area contributed by atoms with Crippen LogP contribution in [0.15, 0.2) is 48.5 Å². The Morgan fingerprint density at radius 2 is 1.91 bits per heavy atom. The largest absolute Gasteiger partial charge is 0.416 e. The van der Waals surface area contributed by atoms with E-state index in [1.54, 1.807) is 6.07 Å². The number of unbranched alkanes of at least 4 members (excludes halogenated alkanes) is 1. The molecular formula is C24H27F3N2O2S. The fourth-order valence-electron chi connectivity index (χ4n) is 3.75. The summed E-state index contributed by atoms with van der Waals surface area (Å²) in [5.74, 6) is -0.00524. The normalized spacial score (nSPS) is 17.5. The minimum Gasteiger partial charge on any atom is -0.326 e. The molecule has 8 heteroatoms. The number of nitrogens with one attached hydrogen (secondary N) is 1. The molecule has 1 aliphatic rings. The highest BCUT2D eigenvalue weighted by molar-refractivity contribution is 8.00. The lowest BCUT2D eigenvalue weighted by Crippen LogP contribution is -2.28. The molecule has 4 nitrogen and oxygen atoms in total. The van der Waals surface area contributed by atoms with E-state index >= 15 is 0 Å². The third kappa shape index (κ3) is 5.65. The molecule has 0 aromatic heterocycles. The fourth-order valence-corrected chi connectivity index (χ4v) is 4.91. The number of hydrogen-bond donors (Lipinski definition) is 1. The fraction of sp³-hybridized carbons (Fsp3) is 0.417. The molecule has 0 radical (unpaired) electrons. The van der Waals surface area contributed by atoms with Gasteiger partial charge in [0.1, 0.15) is 5.37 Å². The van der Waals surface area contributed by atoms with Crippen LogP contribution in [-0.2, 0) is 15.8 Å². The van der Waals surface area contributed by atoms with Crippen LogP contribution >= 0.6 is 11.8 Å². The Kier molecular flexibility index (Phi) is 7.87. The first-order valence-corrected chi connectivity index (χ1v) is 11.8. The summed E-state index contributed by atoms with van der Waals surface area (Å²) >= 11 is 1.41. The monoisotopic (exact) mass is 464 g/mol. The quantitative estimate of drug-likeness (QED) is 0.476. The molecule has 1 saturated heterocycles. The zero-order valence-corrected chi connectivity index (χ0v) is 18.9. The van der Waals surface area contributed by atoms with E-state index in [4.69, 9.17) is 0 Å². The lowest BCUT2D eigenvalue weighted by atomic mass is 9.98. The van der Waals surface area contributed by atoms with Crippen molar-refractivity contribution in [1.29, 1.82) is 0 Å². The summed E-state index contributed by atoms with van der Waals surface area (Å²) in [6.07, 6.45) is -0.796. The first-order valence-electron chi connectivity index (χ1n) is 10.8. The zero-order chi connectivity index (χ0) is 23.3. The molecule has 0 aliphatic carbocycles. The van der Waals surface area contributed by atoms with Crippen LogP contribution in [0.5, 0.6) is 0 Å². The summed E-state index contributed by atoms with van der Waals surface area (Å²) < 4.78 is 38.7. The Bertz CT molecular complexity index is 947. The molecule has 172 valence electrons. The highest BCUT2D eigenvalue weighted by Gasteiger charge is 2.35. The van der Waals surface area contributed by atoms with Gasteiger partial charge in [0.2, 0.25) is 11.8 Å². The molecule has 0 saturated carbocycles. The van der Waals surface area contributed by atoms with Gasteiger partial charge in [-0.15, -0.1) is 11.8 Å². The number of nitrogens with zero attached hydrogens (tertiary/aromatic N) is 1. The van der Waals surface area contributed by atoms with Crippen molar-refractivity contribution in [3.8, 4) is 0 Å². The molecule has 1 heterocycles. The van der Waals surface area contributed by atoms with E-state index in [1.165, 1.54) is 28.8 Å². The first-order chi connectivity index (χ1) is 15.2. The maximum Gasteiger partial charge on any atom is 0.416 e. The van der Waals surface area contributed by atoms with Crippen molar-refractivity contribution in [2.75, 3.05) is 16.0 Å². The summed E-state index contributed by atoms with van der Waals surface area (Å²) in [5.41, 5.74) is 1.11. The molecule has 0 spiro atoms. The van der Waals surface area contributed by atoms with Gasteiger partial charge in [-0.05, 0) is 54.8 Å². The summed E-state index contributed by atoms with van der Waals surface area (Å²) in [7, 11) is 0. The van der Waals surface area contributed by atoms with E-state index in [1.807, 2.05) is 25.1 Å². The van der Waals surface area contributed by atoms with Crippen LogP contribution in [0, 0.1) is 5.92 Å². The van der Waals surface area contributed by atoms with Gasteiger partial charge in [-0.1, -0.05) is 38.8 Å². The zero-order valence-electron chi connectivity index (χ0n) is 18.1. The van der Waals surface area contributed by atoms with Gasteiger partial charge in [0.25, 0.3) is 0 Å². The smallest absolute Gasteiger partial charge is 0.326 e. The van der Waals surface area contributed by atoms with Gasteiger partial charge in [0.05, 0.1) is 11.3 Å². The molecule has 0 bridgehead atoms. The van der Waals surface area contributed by atoms with E-state index in [2.05, 4.69) is 12.2 Å². The number of amides is 2. The summed E-state index contributed by atoms with van der Waals surface area (Å²) in [4.78, 5) is 26.7. The highest BCUT2D eigenvalue weighted by atomic mass is 32.2. The van der Waals surface area contributed by atoms with Gasteiger partial charge in [0, 0.05) is 17.3 Å². The number of carbonyl (C=O) groups is 2. The van der Waals surface area contributed by atoms with Crippen LogP contribution in [0.4, 0.5) is 24.5 Å². The molecule has 32 heavy (non-hydrogen) atoms. The number of alkyl halides is 3. The van der Waals surface area contributed by atoms with Gasteiger partial charge in [-0.3, -0.25) is 14.5 Å². The van der Waals surface area contributed by atoms with Crippen molar-refractivity contribution in [2.45, 2.75) is 51.1 Å². The second-order valence-electron chi connectivity index (χ2n) is 7.83. The van der Waals surface area contributed by atoms with Crippen LogP contribution in [0.3, 0.4) is 0 Å². The summed E-state index contributed by atoms with van der Waals surface area (Å²) in [6.45, 7) is 4.09. The number of thioether (sulfide) groups is 1. The second-order valence-corrected chi connectivity index (χ2v) is 8.90. The number of carbonyl (C=O) groups excluding carboxylic acids is 2. The average Bonchev–Trinajstić information content (AvgIpc) is 3.15. The third-order valence-corrected chi connectivity index (χ3v) is 6.76. The van der Waals surface area contributed by atoms with Gasteiger partial charge < -0.3 is 5.32 Å². The van der Waals surface area contributed by atoms with Gasteiger partial charge in [-0.25, -0.2) is 0 Å². The molecule has 2 aromatic carbocycles. The molecule has 1 fully saturated rings. The molecule has 2 amide bonds. The lowest BCUT2D eigenvalue weighted by molar-refractivity contribution is -0.137. The van der Waals surface area contributed by atoms with Gasteiger partial charge in [-0.2, -0.15) is 13.2 Å². The standard InChI is InChI=1S/C24H27F3N2O2S/c1-3-5-7-16(4-2)22(31)28-19-9-6-8-17(14-19)23-29(21(30)15-32-23)20-12-10-18(11-13-20)24(25,26)27/h6,8-14,16,23H,3-5,7,15H2,1-2H3,(H,28,31)/t16-,23-/m0/s1. The Balaban J connectivity index is 1.79. The van der Waals surface area contributed by atoms with Crippen molar-refractivity contribution in [2.24, 2.45) is 5.92 Å². The van der Waals surface area contributed by atoms with Crippen molar-refractivity contribution in [3.63, 3.8) is 0 Å². The number of rotatable bonds is 8. The Hall–Kier alpha value is -2.48. The number of hydrogen-bond acceptors (Lipinski definition) is 3. The van der Waals surface area contributed by atoms with Crippen molar-refractivity contribution < 1.29 is 22.8 Å². The Morgan fingerprint density at radius 1 is 1.19 bits per heavy atom. The lowest BCUT2D eigenvalue weighted by Gasteiger charge is -2.25. The number of benzene rings is 2. The molecule has 1 aliphatic heterocycles. The molecule has 2 atom stereocenters. The maximum atomic E-state index is 12.9. The Labute approximate surface area is 190 Å². The minimum atomic E-state index is -4.43. The SMILES string of the molecule is CCCC[C@H](CC)C(=O)Nc1cccc([C@@H]2SCC(=O)N2c2ccc(C(F)(F)F)cc2)c1. The molecule has 0 unspecified atom stereocenters. The van der Waals surface area contributed by atoms with Gasteiger partial charge >= 0.3 is 6.18 Å². The summed E-state index contributed by atoms with van der Waals surface area (Å²) in [5, 5.41) is 2.60. The van der Waals surface area contributed by atoms with Crippen molar-refractivity contribution in [1.82, 2.24) is 0 Å². The molecule has 3 rings (SSSR count). The number of halogens is 3.